The Morgan fingerprint density at radius 2 is 1.86 bits per heavy atom. The van der Waals surface area contributed by atoms with Crippen LogP contribution >= 0.6 is 0 Å². The highest BCUT2D eigenvalue weighted by Gasteiger charge is 2.17. The molecule has 5 heteroatoms. The van der Waals surface area contributed by atoms with Gasteiger partial charge in [-0.3, -0.25) is 4.79 Å². The fourth-order valence-corrected chi connectivity index (χ4v) is 2.81. The monoisotopic (exact) mass is 298 g/mol. The highest BCUT2D eigenvalue weighted by atomic mass is 16.4. The summed E-state index contributed by atoms with van der Waals surface area (Å²) in [6.07, 6.45) is 7.03. The highest BCUT2D eigenvalue weighted by Crippen LogP contribution is 2.29. The molecule has 3 N–H and O–H groups in total. The summed E-state index contributed by atoms with van der Waals surface area (Å²) in [5.41, 5.74) is 0. The van der Waals surface area contributed by atoms with E-state index in [0.29, 0.717) is 13.0 Å². The van der Waals surface area contributed by atoms with Crippen molar-refractivity contribution in [2.45, 2.75) is 58.8 Å². The summed E-state index contributed by atoms with van der Waals surface area (Å²) >= 11 is 0. The largest absolute Gasteiger partial charge is 0.481 e. The van der Waals surface area contributed by atoms with E-state index in [1.54, 1.807) is 0 Å². The Kier molecular flexibility index (Phi) is 8.16. The van der Waals surface area contributed by atoms with Crippen molar-refractivity contribution >= 4 is 12.0 Å². The molecule has 0 bridgehead atoms. The molecule has 0 aromatic heterocycles. The summed E-state index contributed by atoms with van der Waals surface area (Å²) in [6, 6.07) is -0.138. The number of carbonyl (C=O) groups excluding carboxylic acids is 1. The molecule has 1 unspecified atom stereocenters. The number of nitrogens with one attached hydrogen (secondary N) is 2. The molecule has 1 saturated carbocycles. The third-order valence-electron chi connectivity index (χ3n) is 4.44. The summed E-state index contributed by atoms with van der Waals surface area (Å²) in [7, 11) is 0. The van der Waals surface area contributed by atoms with E-state index < -0.39 is 5.97 Å². The zero-order valence-electron chi connectivity index (χ0n) is 13.4. The van der Waals surface area contributed by atoms with Crippen LogP contribution in [0.15, 0.2) is 0 Å². The van der Waals surface area contributed by atoms with Crippen LogP contribution in [0.3, 0.4) is 0 Å². The van der Waals surface area contributed by atoms with Gasteiger partial charge in [-0.25, -0.2) is 4.79 Å². The normalized spacial score (nSPS) is 23.3. The van der Waals surface area contributed by atoms with Crippen molar-refractivity contribution in [3.05, 3.63) is 0 Å². The van der Waals surface area contributed by atoms with Crippen molar-refractivity contribution in [3.8, 4) is 0 Å². The SMILES string of the molecule is CC1CCC(CCNC(=O)NCC(C)CCC(=O)O)CC1. The first-order chi connectivity index (χ1) is 9.97. The molecule has 122 valence electrons. The lowest BCUT2D eigenvalue weighted by atomic mass is 9.81. The summed E-state index contributed by atoms with van der Waals surface area (Å²) in [4.78, 5) is 22.1. The van der Waals surface area contributed by atoms with Crippen LogP contribution in [-0.4, -0.2) is 30.2 Å². The predicted octanol–water partition coefficient (Wildman–Crippen LogP) is 3.00. The fourth-order valence-electron chi connectivity index (χ4n) is 2.81. The molecule has 0 saturated heterocycles. The standard InChI is InChI=1S/C16H30N2O3/c1-12-3-6-14(7-4-12)9-10-17-16(21)18-11-13(2)5-8-15(19)20/h12-14H,3-11H2,1-2H3,(H,19,20)(H2,17,18,21). The number of hydrogen-bond donors (Lipinski definition) is 3. The Balaban J connectivity index is 2.02. The molecule has 2 amide bonds. The van der Waals surface area contributed by atoms with Crippen LogP contribution in [0.4, 0.5) is 4.79 Å². The molecular weight excluding hydrogens is 268 g/mol. The molecule has 1 rings (SSSR count). The van der Waals surface area contributed by atoms with E-state index in [0.717, 1.165) is 24.8 Å². The van der Waals surface area contributed by atoms with Gasteiger partial charge in [-0.1, -0.05) is 39.5 Å². The Morgan fingerprint density at radius 1 is 1.19 bits per heavy atom. The minimum Gasteiger partial charge on any atom is -0.481 e. The topological polar surface area (TPSA) is 78.4 Å². The lowest BCUT2D eigenvalue weighted by molar-refractivity contribution is -0.137. The van der Waals surface area contributed by atoms with Crippen LogP contribution in [0.2, 0.25) is 0 Å². The van der Waals surface area contributed by atoms with Crippen molar-refractivity contribution in [1.29, 1.82) is 0 Å². The fraction of sp³-hybridized carbons (Fsp3) is 0.875. The van der Waals surface area contributed by atoms with Gasteiger partial charge >= 0.3 is 12.0 Å². The number of aliphatic carboxylic acids is 1. The molecule has 0 aromatic carbocycles. The Bertz CT molecular complexity index is 325. The number of urea groups is 1. The zero-order chi connectivity index (χ0) is 15.7. The molecule has 1 aliphatic carbocycles. The molecule has 0 aromatic rings. The Hall–Kier alpha value is -1.26. The third-order valence-corrected chi connectivity index (χ3v) is 4.44. The lowest BCUT2D eigenvalue weighted by Gasteiger charge is -2.26. The van der Waals surface area contributed by atoms with Crippen LogP contribution < -0.4 is 10.6 Å². The quantitative estimate of drug-likeness (QED) is 0.644. The van der Waals surface area contributed by atoms with Crippen LogP contribution in [0.25, 0.3) is 0 Å². The minimum atomic E-state index is -0.784. The predicted molar refractivity (Wildman–Crippen MR) is 83.2 cm³/mol. The minimum absolute atomic E-state index is 0.138. The maximum Gasteiger partial charge on any atom is 0.314 e. The summed E-state index contributed by atoms with van der Waals surface area (Å²) in [5, 5.41) is 14.3. The van der Waals surface area contributed by atoms with Gasteiger partial charge in [0.1, 0.15) is 0 Å². The van der Waals surface area contributed by atoms with Crippen molar-refractivity contribution in [3.63, 3.8) is 0 Å². The second-order valence-corrected chi connectivity index (χ2v) is 6.59. The van der Waals surface area contributed by atoms with E-state index in [1.807, 2.05) is 6.92 Å². The van der Waals surface area contributed by atoms with Crippen LogP contribution in [0.1, 0.15) is 58.8 Å². The number of amides is 2. The van der Waals surface area contributed by atoms with E-state index in [4.69, 9.17) is 5.11 Å². The summed E-state index contributed by atoms with van der Waals surface area (Å²) in [5.74, 6) is 1.03. The maximum absolute atomic E-state index is 11.6. The average molecular weight is 298 g/mol. The Morgan fingerprint density at radius 3 is 2.48 bits per heavy atom. The lowest BCUT2D eigenvalue weighted by Crippen LogP contribution is -2.38. The van der Waals surface area contributed by atoms with E-state index in [1.165, 1.54) is 25.7 Å². The van der Waals surface area contributed by atoms with Gasteiger partial charge < -0.3 is 15.7 Å². The van der Waals surface area contributed by atoms with E-state index in [9.17, 15) is 9.59 Å². The molecule has 21 heavy (non-hydrogen) atoms. The second kappa shape index (κ2) is 9.64. The summed E-state index contributed by atoms with van der Waals surface area (Å²) in [6.45, 7) is 5.52. The molecule has 0 radical (unpaired) electrons. The molecule has 1 aliphatic rings. The number of carboxylic acids is 1. The van der Waals surface area contributed by atoms with Gasteiger partial charge in [0.2, 0.25) is 0 Å². The van der Waals surface area contributed by atoms with E-state index in [2.05, 4.69) is 17.6 Å². The first kappa shape index (κ1) is 17.8. The molecule has 0 heterocycles. The summed E-state index contributed by atoms with van der Waals surface area (Å²) < 4.78 is 0. The number of carboxylic acid groups (broad SMARTS) is 1. The first-order valence-corrected chi connectivity index (χ1v) is 8.20. The van der Waals surface area contributed by atoms with Gasteiger partial charge in [0.15, 0.2) is 0 Å². The van der Waals surface area contributed by atoms with Gasteiger partial charge in [-0.2, -0.15) is 0 Å². The van der Waals surface area contributed by atoms with Crippen LogP contribution in [0.5, 0.6) is 0 Å². The number of rotatable bonds is 8. The maximum atomic E-state index is 11.6. The first-order valence-electron chi connectivity index (χ1n) is 8.20. The number of hydrogen-bond acceptors (Lipinski definition) is 2. The van der Waals surface area contributed by atoms with Crippen molar-refractivity contribution in [2.24, 2.45) is 17.8 Å². The van der Waals surface area contributed by atoms with Crippen molar-refractivity contribution in [1.82, 2.24) is 10.6 Å². The van der Waals surface area contributed by atoms with E-state index >= 15 is 0 Å². The van der Waals surface area contributed by atoms with Crippen molar-refractivity contribution < 1.29 is 14.7 Å². The van der Waals surface area contributed by atoms with Gasteiger partial charge in [-0.15, -0.1) is 0 Å². The van der Waals surface area contributed by atoms with E-state index in [-0.39, 0.29) is 18.4 Å². The number of carbonyl (C=O) groups is 2. The second-order valence-electron chi connectivity index (χ2n) is 6.59. The third kappa shape index (κ3) is 8.58. The molecule has 1 fully saturated rings. The van der Waals surface area contributed by atoms with Gasteiger partial charge in [0.05, 0.1) is 0 Å². The molecule has 1 atom stereocenters. The van der Waals surface area contributed by atoms with Crippen LogP contribution in [0, 0.1) is 17.8 Å². The molecule has 5 nitrogen and oxygen atoms in total. The average Bonchev–Trinajstić information content (AvgIpc) is 2.45. The molecule has 0 aliphatic heterocycles. The Labute approximate surface area is 127 Å². The van der Waals surface area contributed by atoms with Gasteiger partial charge in [-0.05, 0) is 30.6 Å². The smallest absolute Gasteiger partial charge is 0.314 e. The van der Waals surface area contributed by atoms with Gasteiger partial charge in [0.25, 0.3) is 0 Å². The zero-order valence-corrected chi connectivity index (χ0v) is 13.4. The molecule has 0 spiro atoms. The molecular formula is C16H30N2O3. The van der Waals surface area contributed by atoms with Crippen LogP contribution in [-0.2, 0) is 4.79 Å². The van der Waals surface area contributed by atoms with Crippen molar-refractivity contribution in [2.75, 3.05) is 13.1 Å². The highest BCUT2D eigenvalue weighted by molar-refractivity contribution is 5.73. The van der Waals surface area contributed by atoms with Gasteiger partial charge in [0, 0.05) is 19.5 Å².